The molecule has 0 aliphatic carbocycles. The van der Waals surface area contributed by atoms with E-state index >= 15 is 0 Å². The molecule has 0 aromatic rings. The van der Waals surface area contributed by atoms with Crippen LogP contribution >= 0.6 is 7.82 Å². The second kappa shape index (κ2) is 42.8. The van der Waals surface area contributed by atoms with Gasteiger partial charge in [0.15, 0.2) is 6.10 Å². The van der Waals surface area contributed by atoms with Crippen molar-refractivity contribution in [3.8, 4) is 0 Å². The van der Waals surface area contributed by atoms with Crippen molar-refractivity contribution in [2.45, 2.75) is 238 Å². The Kier molecular flexibility index (Phi) is 41.7. The van der Waals surface area contributed by atoms with Crippen molar-refractivity contribution in [2.24, 2.45) is 0 Å². The van der Waals surface area contributed by atoms with Crippen LogP contribution in [0.3, 0.4) is 0 Å². The molecule has 60 heavy (non-hydrogen) atoms. The Morgan fingerprint density at radius 1 is 0.517 bits per heavy atom. The minimum atomic E-state index is -4.38. The van der Waals surface area contributed by atoms with Gasteiger partial charge < -0.3 is 18.9 Å². The van der Waals surface area contributed by atoms with Gasteiger partial charge in [0.25, 0.3) is 0 Å². The summed E-state index contributed by atoms with van der Waals surface area (Å²) in [6, 6.07) is 0. The topological polar surface area (TPSA) is 108 Å². The maximum atomic E-state index is 12.7. The molecule has 0 amide bonds. The first-order chi connectivity index (χ1) is 29.0. The molecule has 0 saturated heterocycles. The summed E-state index contributed by atoms with van der Waals surface area (Å²) in [7, 11) is 1.48. The van der Waals surface area contributed by atoms with Crippen LogP contribution in [0.2, 0.25) is 0 Å². The number of rotatable bonds is 46. The molecule has 2 unspecified atom stereocenters. The summed E-state index contributed by atoms with van der Waals surface area (Å²) in [6.45, 7) is 4.43. The van der Waals surface area contributed by atoms with E-state index in [2.05, 4.69) is 38.2 Å². The number of hydrogen-bond donors (Lipinski definition) is 1. The van der Waals surface area contributed by atoms with E-state index < -0.39 is 26.5 Å². The Hall–Kier alpha value is -1.51. The number of carbonyl (C=O) groups is 2. The van der Waals surface area contributed by atoms with E-state index in [1.54, 1.807) is 0 Å². The number of carbonyl (C=O) groups excluding carboxylic acids is 2. The average molecular weight is 871 g/mol. The largest absolute Gasteiger partial charge is 0.472 e. The van der Waals surface area contributed by atoms with E-state index in [-0.39, 0.29) is 25.6 Å². The van der Waals surface area contributed by atoms with Crippen LogP contribution in [0.5, 0.6) is 0 Å². The van der Waals surface area contributed by atoms with Gasteiger partial charge in [-0.2, -0.15) is 0 Å². The number of hydrogen-bond acceptors (Lipinski definition) is 7. The van der Waals surface area contributed by atoms with Gasteiger partial charge in [-0.25, -0.2) is 4.57 Å². The molecule has 0 heterocycles. The molecule has 10 heteroatoms. The van der Waals surface area contributed by atoms with Crippen LogP contribution in [0.15, 0.2) is 24.3 Å². The summed E-state index contributed by atoms with van der Waals surface area (Å²) in [4.78, 5) is 35.5. The van der Waals surface area contributed by atoms with Crippen molar-refractivity contribution in [3.05, 3.63) is 24.3 Å². The van der Waals surface area contributed by atoms with Crippen molar-refractivity contribution < 1.29 is 42.1 Å². The summed E-state index contributed by atoms with van der Waals surface area (Å²) in [6.07, 6.45) is 47.9. The van der Waals surface area contributed by atoms with Gasteiger partial charge in [0.1, 0.15) is 19.8 Å². The maximum absolute atomic E-state index is 12.7. The first-order valence-electron chi connectivity index (χ1n) is 25.1. The molecule has 354 valence electrons. The van der Waals surface area contributed by atoms with Gasteiger partial charge in [-0.3, -0.25) is 18.6 Å². The minimum Gasteiger partial charge on any atom is -0.462 e. The number of quaternary nitrogens is 1. The molecule has 1 N–H and O–H groups in total. The highest BCUT2D eigenvalue weighted by atomic mass is 31.2. The van der Waals surface area contributed by atoms with Crippen LogP contribution in [0.4, 0.5) is 0 Å². The van der Waals surface area contributed by atoms with Crippen LogP contribution in [0, 0.1) is 0 Å². The second-order valence-corrected chi connectivity index (χ2v) is 19.7. The molecule has 0 spiro atoms. The smallest absolute Gasteiger partial charge is 0.462 e. The summed E-state index contributed by atoms with van der Waals surface area (Å²) < 4.78 is 34.4. The first-order valence-corrected chi connectivity index (χ1v) is 26.6. The molecule has 0 rings (SSSR count). The van der Waals surface area contributed by atoms with E-state index in [4.69, 9.17) is 18.5 Å². The van der Waals surface area contributed by atoms with Gasteiger partial charge in [0.2, 0.25) is 0 Å². The van der Waals surface area contributed by atoms with E-state index in [9.17, 15) is 19.0 Å². The van der Waals surface area contributed by atoms with Crippen LogP contribution in [-0.4, -0.2) is 74.9 Å². The van der Waals surface area contributed by atoms with E-state index in [0.29, 0.717) is 23.9 Å². The van der Waals surface area contributed by atoms with Crippen molar-refractivity contribution in [1.82, 2.24) is 0 Å². The van der Waals surface area contributed by atoms with Gasteiger partial charge in [0.05, 0.1) is 27.7 Å². The third kappa shape index (κ3) is 46.0. The number of likely N-dealkylation sites (N-methyl/N-ethyl adjacent to an activating group) is 1. The van der Waals surface area contributed by atoms with Crippen molar-refractivity contribution in [1.29, 1.82) is 0 Å². The molecule has 0 bridgehead atoms. The SMILES string of the molecule is CCCCC/C=C\C/C=C\CCCCCCCCCCCC(=O)OC(COC(=O)CCCCCCCCCCCCCCCCCCC)COP(=O)(O)OCC[N+](C)(C)C. The molecule has 0 saturated carbocycles. The standard InChI is InChI=1S/C50H96NO8P/c1-6-8-10-12-14-16-18-20-22-24-25-27-29-31-33-35-37-39-41-43-50(53)59-48(47-58-60(54,55)57-45-44-51(3,4)5)46-56-49(52)42-40-38-36-34-32-30-28-26-23-21-19-17-15-13-11-9-7-2/h14,16,20,22,48H,6-13,15,17-19,21,23-47H2,1-5H3/p+1/b16-14-,22-20-. The third-order valence-electron chi connectivity index (χ3n) is 11.0. The summed E-state index contributed by atoms with van der Waals surface area (Å²) >= 11 is 0. The van der Waals surface area contributed by atoms with Crippen molar-refractivity contribution in [3.63, 3.8) is 0 Å². The molecular formula is C50H97NO8P+. The monoisotopic (exact) mass is 871 g/mol. The van der Waals surface area contributed by atoms with Crippen LogP contribution in [-0.2, 0) is 32.7 Å². The van der Waals surface area contributed by atoms with Gasteiger partial charge in [-0.1, -0.05) is 199 Å². The molecule has 0 radical (unpaired) electrons. The summed E-state index contributed by atoms with van der Waals surface area (Å²) in [5, 5.41) is 0. The first kappa shape index (κ1) is 58.5. The predicted molar refractivity (Wildman–Crippen MR) is 252 cm³/mol. The molecule has 0 fully saturated rings. The molecule has 0 aromatic carbocycles. The fraction of sp³-hybridized carbons (Fsp3) is 0.880. The minimum absolute atomic E-state index is 0.0330. The summed E-state index contributed by atoms with van der Waals surface area (Å²) in [5.41, 5.74) is 0. The zero-order valence-electron chi connectivity index (χ0n) is 40.0. The van der Waals surface area contributed by atoms with Gasteiger partial charge in [-0.15, -0.1) is 0 Å². The van der Waals surface area contributed by atoms with Gasteiger partial charge in [0, 0.05) is 12.8 Å². The number of phosphoric acid groups is 1. The number of ether oxygens (including phenoxy) is 2. The average Bonchev–Trinajstić information content (AvgIpc) is 3.20. The van der Waals surface area contributed by atoms with Crippen LogP contribution in [0.1, 0.15) is 232 Å². The maximum Gasteiger partial charge on any atom is 0.472 e. The van der Waals surface area contributed by atoms with Gasteiger partial charge in [-0.05, 0) is 44.9 Å². The zero-order valence-corrected chi connectivity index (χ0v) is 40.9. The highest BCUT2D eigenvalue weighted by molar-refractivity contribution is 7.47. The molecule has 9 nitrogen and oxygen atoms in total. The molecule has 0 aliphatic heterocycles. The Labute approximate surface area is 370 Å². The van der Waals surface area contributed by atoms with E-state index in [1.165, 1.54) is 154 Å². The quantitative estimate of drug-likeness (QED) is 0.0212. The number of nitrogens with zero attached hydrogens (tertiary/aromatic N) is 1. The fourth-order valence-electron chi connectivity index (χ4n) is 7.05. The number of phosphoric ester groups is 1. The molecular weight excluding hydrogens is 774 g/mol. The Morgan fingerprint density at radius 2 is 0.900 bits per heavy atom. The fourth-order valence-corrected chi connectivity index (χ4v) is 7.79. The highest BCUT2D eigenvalue weighted by Crippen LogP contribution is 2.43. The van der Waals surface area contributed by atoms with Crippen molar-refractivity contribution >= 4 is 19.8 Å². The van der Waals surface area contributed by atoms with Crippen LogP contribution in [0.25, 0.3) is 0 Å². The van der Waals surface area contributed by atoms with Crippen LogP contribution < -0.4 is 0 Å². The highest BCUT2D eigenvalue weighted by Gasteiger charge is 2.27. The van der Waals surface area contributed by atoms with Crippen molar-refractivity contribution in [2.75, 3.05) is 47.5 Å². The predicted octanol–water partition coefficient (Wildman–Crippen LogP) is 14.7. The Morgan fingerprint density at radius 3 is 1.35 bits per heavy atom. The summed E-state index contributed by atoms with van der Waals surface area (Å²) in [5.74, 6) is -0.791. The van der Waals surface area contributed by atoms with E-state index in [1.807, 2.05) is 21.1 Å². The Balaban J connectivity index is 4.25. The molecule has 0 aromatic heterocycles. The number of allylic oxidation sites excluding steroid dienone is 4. The lowest BCUT2D eigenvalue weighted by molar-refractivity contribution is -0.870. The Bertz CT molecular complexity index is 1070. The zero-order chi connectivity index (χ0) is 44.3. The van der Waals surface area contributed by atoms with E-state index in [0.717, 1.165) is 44.9 Å². The lowest BCUT2D eigenvalue weighted by atomic mass is 10.0. The molecule has 0 aliphatic rings. The second-order valence-electron chi connectivity index (χ2n) is 18.2. The third-order valence-corrected chi connectivity index (χ3v) is 12.0. The lowest BCUT2D eigenvalue weighted by Gasteiger charge is -2.24. The lowest BCUT2D eigenvalue weighted by Crippen LogP contribution is -2.37. The van der Waals surface area contributed by atoms with Gasteiger partial charge >= 0.3 is 19.8 Å². The molecule has 2 atom stereocenters. The normalized spacial score (nSPS) is 13.6. The number of unbranched alkanes of at least 4 members (excludes halogenated alkanes) is 28. The number of esters is 2.